The number of allylic oxidation sites excluding steroid dienone is 8. The quantitative estimate of drug-likeness (QED) is 0.610. The summed E-state index contributed by atoms with van der Waals surface area (Å²) in [5.74, 6) is 0. The van der Waals surface area contributed by atoms with Crippen molar-refractivity contribution in [1.82, 2.24) is 0 Å². The van der Waals surface area contributed by atoms with Crippen LogP contribution in [-0.4, -0.2) is 0 Å². The Bertz CT molecular complexity index is 591. The third-order valence-electron chi connectivity index (χ3n) is 5.80. The molecule has 0 aromatic carbocycles. The van der Waals surface area contributed by atoms with Crippen LogP contribution in [0.25, 0.3) is 0 Å². The maximum Gasteiger partial charge on any atom is -1.00 e. The Morgan fingerprint density at radius 1 is 0.957 bits per heavy atom. The van der Waals surface area contributed by atoms with Crippen molar-refractivity contribution < 1.29 is 48.0 Å². The average molecular weight is 433 g/mol. The first-order chi connectivity index (χ1) is 9.69. The van der Waals surface area contributed by atoms with Crippen molar-refractivity contribution in [3.63, 3.8) is 0 Å². The molecule has 0 radical (unpaired) electrons. The van der Waals surface area contributed by atoms with Gasteiger partial charge in [-0.2, -0.15) is 0 Å². The molecule has 3 heteroatoms. The molecule has 1 unspecified atom stereocenters. The van der Waals surface area contributed by atoms with Crippen LogP contribution in [0.2, 0.25) is 3.12 Å². The number of hydrogen-bond acceptors (Lipinski definition) is 0. The van der Waals surface area contributed by atoms with E-state index >= 15 is 0 Å². The van der Waals surface area contributed by atoms with Crippen molar-refractivity contribution in [2.45, 2.75) is 71.4 Å². The molecule has 23 heavy (non-hydrogen) atoms. The van der Waals surface area contributed by atoms with Gasteiger partial charge in [0.2, 0.25) is 0 Å². The van der Waals surface area contributed by atoms with Gasteiger partial charge in [-0.05, 0) is 0 Å². The molecule has 2 aliphatic rings. The van der Waals surface area contributed by atoms with Crippen LogP contribution in [0.3, 0.4) is 0 Å². The number of rotatable bonds is 4. The Morgan fingerprint density at radius 2 is 1.52 bits per heavy atom. The summed E-state index contributed by atoms with van der Waals surface area (Å²) in [5, 5.41) is 0. The van der Waals surface area contributed by atoms with Gasteiger partial charge in [-0.1, -0.05) is 0 Å². The van der Waals surface area contributed by atoms with E-state index in [9.17, 15) is 0 Å². The molecule has 128 valence electrons. The topological polar surface area (TPSA) is 0 Å². The summed E-state index contributed by atoms with van der Waals surface area (Å²) >= 11 is -0.701. The van der Waals surface area contributed by atoms with E-state index in [4.69, 9.17) is 0 Å². The second-order valence-electron chi connectivity index (χ2n) is 7.24. The fourth-order valence-corrected chi connectivity index (χ4v) is 9.37. The van der Waals surface area contributed by atoms with Gasteiger partial charge in [0.1, 0.15) is 0 Å². The molecule has 2 rings (SSSR count). The van der Waals surface area contributed by atoms with Crippen LogP contribution >= 0.6 is 0 Å². The van der Waals surface area contributed by atoms with Gasteiger partial charge in [-0.25, -0.2) is 0 Å². The average Bonchev–Trinajstić information content (AvgIpc) is 2.84. The smallest absolute Gasteiger partial charge is 1.00 e. The second-order valence-corrected chi connectivity index (χ2v) is 11.3. The fourth-order valence-electron chi connectivity index (χ4n) is 3.94. The van der Waals surface area contributed by atoms with Crippen molar-refractivity contribution >= 4 is 0 Å². The summed E-state index contributed by atoms with van der Waals surface area (Å²) in [6.45, 7) is 18.9. The van der Waals surface area contributed by atoms with E-state index in [0.29, 0.717) is 8.54 Å². The summed E-state index contributed by atoms with van der Waals surface area (Å²) in [6, 6.07) is 0. The third-order valence-corrected chi connectivity index (χ3v) is 12.0. The van der Waals surface area contributed by atoms with E-state index < -0.39 is 23.2 Å². The zero-order valence-corrected chi connectivity index (χ0v) is 19.8. The maximum absolute atomic E-state index is 2.61. The summed E-state index contributed by atoms with van der Waals surface area (Å²) in [7, 11) is 0. The van der Waals surface area contributed by atoms with Gasteiger partial charge in [0, 0.05) is 0 Å². The van der Waals surface area contributed by atoms with Gasteiger partial charge in [0.05, 0.1) is 0 Å². The number of halogens is 2. The van der Waals surface area contributed by atoms with E-state index in [-0.39, 0.29) is 24.8 Å². The van der Waals surface area contributed by atoms with Crippen LogP contribution in [0.1, 0.15) is 68.2 Å². The van der Waals surface area contributed by atoms with Gasteiger partial charge >= 0.3 is 143 Å². The van der Waals surface area contributed by atoms with Gasteiger partial charge in [-0.3, -0.25) is 0 Å². The monoisotopic (exact) mass is 430 g/mol. The Kier molecular flexibility index (Phi) is 8.35. The molecule has 1 atom stereocenters. The minimum absolute atomic E-state index is 0. The molecule has 2 aliphatic carbocycles. The largest absolute Gasteiger partial charge is 1.00 e. The first kappa shape index (κ1) is 23.4. The molecule has 0 amide bonds. The van der Waals surface area contributed by atoms with Crippen LogP contribution in [0, 0.1) is 5.41 Å². The van der Waals surface area contributed by atoms with Crippen molar-refractivity contribution in [2.75, 3.05) is 0 Å². The van der Waals surface area contributed by atoms with E-state index in [1.807, 2.05) is 3.28 Å². The molecule has 0 aliphatic heterocycles. The van der Waals surface area contributed by atoms with Crippen molar-refractivity contribution in [1.29, 1.82) is 0 Å². The van der Waals surface area contributed by atoms with Crippen molar-refractivity contribution in [2.24, 2.45) is 5.41 Å². The van der Waals surface area contributed by atoms with Crippen LogP contribution < -0.4 is 24.8 Å². The maximum atomic E-state index is 2.61. The van der Waals surface area contributed by atoms with Crippen LogP contribution in [0.15, 0.2) is 43.3 Å². The van der Waals surface area contributed by atoms with E-state index in [0.717, 1.165) is 0 Å². The van der Waals surface area contributed by atoms with Crippen LogP contribution in [-0.2, 0) is 23.2 Å². The Morgan fingerprint density at radius 3 is 1.91 bits per heavy atom. The molecule has 0 spiro atoms. The normalized spacial score (nSPS) is 25.6. The predicted molar refractivity (Wildman–Crippen MR) is 90.0 cm³/mol. The summed E-state index contributed by atoms with van der Waals surface area (Å²) in [5.41, 5.74) is 8.26. The Hall–Kier alpha value is 0.423. The molecule has 0 aromatic heterocycles. The van der Waals surface area contributed by atoms with E-state index in [1.54, 1.807) is 22.3 Å². The molecule has 0 aromatic rings. The first-order valence-corrected chi connectivity index (χ1v) is 10.7. The SMILES string of the molecule is CCC1=CC(C)=C[C]1(CC)[Zr+2][C]1=C(C)C(C)=C(C)C1(C)C.[Cl-].[Cl-]. The molecular weight excluding hydrogens is 402 g/mol. The second kappa shape index (κ2) is 8.20. The molecular formula is C20H30Cl2Zr. The molecule has 0 fully saturated rings. The van der Waals surface area contributed by atoms with Gasteiger partial charge in [0.25, 0.3) is 0 Å². The van der Waals surface area contributed by atoms with E-state index in [2.05, 4.69) is 67.5 Å². The molecule has 0 saturated carbocycles. The Labute approximate surface area is 167 Å². The summed E-state index contributed by atoms with van der Waals surface area (Å²) in [6.07, 6.45) is 7.56. The minimum atomic E-state index is -0.701. The van der Waals surface area contributed by atoms with Crippen LogP contribution in [0.5, 0.6) is 0 Å². The standard InChI is InChI=1S/2C10H15.2ClH.Zr/c1-7-6-10(4,5)9(3)8(7)2;1-4-9-6-8(3)7-10(9)5-2;;;/h1-5H3;6-7H,4-5H2,1-3H3;2*1H;/q;;;;+2/p-2. The molecule has 0 heterocycles. The zero-order chi connectivity index (χ0) is 16.0. The minimum Gasteiger partial charge on any atom is -1.00 e. The van der Waals surface area contributed by atoms with Gasteiger partial charge in [-0.15, -0.1) is 0 Å². The van der Waals surface area contributed by atoms with E-state index in [1.165, 1.54) is 18.4 Å². The molecule has 0 saturated heterocycles. The predicted octanol–water partition coefficient (Wildman–Crippen LogP) is 0.592. The van der Waals surface area contributed by atoms with Gasteiger partial charge < -0.3 is 24.8 Å². The summed E-state index contributed by atoms with van der Waals surface area (Å²) < 4.78 is 2.26. The third kappa shape index (κ3) is 3.83. The fraction of sp³-hybridized carbons (Fsp3) is 0.600. The number of hydrogen-bond donors (Lipinski definition) is 0. The van der Waals surface area contributed by atoms with Gasteiger partial charge in [0.15, 0.2) is 0 Å². The van der Waals surface area contributed by atoms with Crippen molar-refractivity contribution in [3.05, 3.63) is 43.3 Å². The van der Waals surface area contributed by atoms with Crippen LogP contribution in [0.4, 0.5) is 0 Å². The zero-order valence-electron chi connectivity index (χ0n) is 15.8. The molecule has 0 nitrogen and oxygen atoms in total. The van der Waals surface area contributed by atoms with Crippen molar-refractivity contribution in [3.8, 4) is 0 Å². The summed E-state index contributed by atoms with van der Waals surface area (Å²) in [4.78, 5) is 0. The molecule has 0 N–H and O–H groups in total. The first-order valence-electron chi connectivity index (χ1n) is 8.28. The Balaban J connectivity index is 0.00000242. The molecule has 0 bridgehead atoms.